The van der Waals surface area contributed by atoms with E-state index in [4.69, 9.17) is 19.4 Å². The van der Waals surface area contributed by atoms with Gasteiger partial charge in [0, 0.05) is 73.8 Å². The van der Waals surface area contributed by atoms with Gasteiger partial charge in [-0.25, -0.2) is 13.6 Å². The number of carbonyl (C=O) groups is 5. The van der Waals surface area contributed by atoms with E-state index in [0.717, 1.165) is 102 Å². The molecule has 5 fully saturated rings. The summed E-state index contributed by atoms with van der Waals surface area (Å²) in [6.45, 7) is 11.9. The average molecular weight is 1250 g/mol. The van der Waals surface area contributed by atoms with Gasteiger partial charge in [-0.3, -0.25) is 29.5 Å². The minimum absolute atomic E-state index is 0.0278. The number of phenolic OH excluding ortho intramolecular Hbond substituents is 1. The predicted molar refractivity (Wildman–Crippen MR) is 345 cm³/mol. The Kier molecular flexibility index (Phi) is 20.1. The molecule has 2 bridgehead atoms. The zero-order valence-electron chi connectivity index (χ0n) is 53.3. The fraction of sp³-hybridized carbons (Fsp3) is 0.549. The van der Waals surface area contributed by atoms with Gasteiger partial charge in [0.15, 0.2) is 5.82 Å². The van der Waals surface area contributed by atoms with Crippen LogP contribution in [-0.4, -0.2) is 129 Å². The summed E-state index contributed by atoms with van der Waals surface area (Å²) in [6.07, 6.45) is 19.8. The number of β-amino-alcohol motifs (C(OH)–C–C–N with tert-alkyl or cyclic N) is 1. The van der Waals surface area contributed by atoms with Gasteiger partial charge in [0.2, 0.25) is 17.7 Å². The number of alkyl carbamates (subject to hydrolysis) is 1. The summed E-state index contributed by atoms with van der Waals surface area (Å²) in [7, 11) is 0. The molecule has 91 heavy (non-hydrogen) atoms. The topological polar surface area (TPSA) is 238 Å². The third-order valence-corrected chi connectivity index (χ3v) is 20.2. The van der Waals surface area contributed by atoms with Crippen LogP contribution in [0.1, 0.15) is 172 Å². The number of nitrogens with one attached hydrogen (secondary N) is 4. The lowest BCUT2D eigenvalue weighted by Gasteiger charge is -2.35. The minimum atomic E-state index is -1.08. The van der Waals surface area contributed by atoms with Crippen molar-refractivity contribution in [1.82, 2.24) is 41.1 Å². The van der Waals surface area contributed by atoms with Crippen molar-refractivity contribution in [3.05, 3.63) is 101 Å². The smallest absolute Gasteiger partial charge is 0.407 e. The van der Waals surface area contributed by atoms with Gasteiger partial charge < -0.3 is 45.4 Å². The number of rotatable bonds is 24. The molecular weight excluding hydrogens is 1160 g/mol. The van der Waals surface area contributed by atoms with E-state index in [9.17, 15) is 34.2 Å². The molecule has 3 aliphatic carbocycles. The highest BCUT2D eigenvalue weighted by Gasteiger charge is 2.52. The Morgan fingerprint density at radius 1 is 0.890 bits per heavy atom. The SMILES string of the molecule is CCc1c(F)ccc2cc(O)cc(-c3ncc4c(N5CC6CCC(C5)N6)nc(OCC56CCCC5C(COC(=O)NCCCCCCCCCCC(=O)NC(C(=O)N5C[C@H](O)CC5C(=O)NC(=O)c5ccc(C7=C(C)C=CC7)cc5)C(C)(C)C)CC6)nc4c3F)c12. The molecule has 7 unspecified atom stereocenters. The van der Waals surface area contributed by atoms with E-state index in [1.54, 1.807) is 30.5 Å². The number of aryl methyl sites for hydroxylation is 1. The zero-order valence-corrected chi connectivity index (χ0v) is 53.3. The van der Waals surface area contributed by atoms with Crippen LogP contribution in [-0.2, 0) is 25.5 Å². The van der Waals surface area contributed by atoms with E-state index < -0.39 is 59.1 Å². The number of unbranched alkanes of at least 4 members (excludes halogenated alkanes) is 7. The van der Waals surface area contributed by atoms with E-state index in [1.165, 1.54) is 28.2 Å². The number of amides is 5. The fourth-order valence-electron chi connectivity index (χ4n) is 15.4. The highest BCUT2D eigenvalue weighted by molar-refractivity contribution is 6.07. The number of phenols is 1. The fourth-order valence-corrected chi connectivity index (χ4v) is 15.4. The quantitative estimate of drug-likeness (QED) is 0.0249. The van der Waals surface area contributed by atoms with Gasteiger partial charge in [0.25, 0.3) is 5.91 Å². The number of anilines is 1. The summed E-state index contributed by atoms with van der Waals surface area (Å²) in [5.74, 6) is -2.23. The molecule has 3 aromatic carbocycles. The van der Waals surface area contributed by atoms with Crippen LogP contribution >= 0.6 is 0 Å². The number of fused-ring (bicyclic) bond motifs is 5. The Labute approximate surface area is 531 Å². The highest BCUT2D eigenvalue weighted by atomic mass is 19.1. The molecule has 2 aromatic heterocycles. The minimum Gasteiger partial charge on any atom is -0.508 e. The Morgan fingerprint density at radius 2 is 1.63 bits per heavy atom. The van der Waals surface area contributed by atoms with E-state index in [2.05, 4.69) is 43.3 Å². The van der Waals surface area contributed by atoms with Crippen LogP contribution in [0, 0.1) is 34.3 Å². The molecule has 11 rings (SSSR count). The number of pyridine rings is 1. The van der Waals surface area contributed by atoms with Gasteiger partial charge in [0.1, 0.15) is 40.7 Å². The number of imide groups is 1. The van der Waals surface area contributed by atoms with Crippen LogP contribution < -0.4 is 30.9 Å². The van der Waals surface area contributed by atoms with Crippen molar-refractivity contribution >= 4 is 62.8 Å². The lowest BCUT2D eigenvalue weighted by atomic mass is 9.79. The summed E-state index contributed by atoms with van der Waals surface area (Å²) >= 11 is 0. The third kappa shape index (κ3) is 14.5. The maximum Gasteiger partial charge on any atom is 0.407 e. The number of nitrogens with zero attached hydrogens (tertiary/aromatic N) is 5. The van der Waals surface area contributed by atoms with Crippen LogP contribution in [0.15, 0.2) is 72.5 Å². The van der Waals surface area contributed by atoms with Crippen molar-refractivity contribution in [3.8, 4) is 23.0 Å². The lowest BCUT2D eigenvalue weighted by Crippen LogP contribution is -2.58. The second-order valence-corrected chi connectivity index (χ2v) is 27.5. The van der Waals surface area contributed by atoms with E-state index in [1.807, 2.05) is 46.8 Å². The molecule has 486 valence electrons. The highest BCUT2D eigenvalue weighted by Crippen LogP contribution is 2.57. The number of allylic oxidation sites excluding steroid dienone is 4. The molecular formula is C71H89F2N9O9. The molecule has 0 spiro atoms. The summed E-state index contributed by atoms with van der Waals surface area (Å²) in [5.41, 5.74) is 3.46. The number of aromatic hydroxyl groups is 1. The van der Waals surface area contributed by atoms with Gasteiger partial charge in [-0.15, -0.1) is 0 Å². The Hall–Kier alpha value is -7.58. The molecule has 3 saturated heterocycles. The monoisotopic (exact) mass is 1250 g/mol. The van der Waals surface area contributed by atoms with Crippen LogP contribution in [0.25, 0.3) is 38.5 Å². The summed E-state index contributed by atoms with van der Waals surface area (Å²) < 4.78 is 45.0. The standard InChI is InChI=1S/C71H89F2N9O9/c1-6-51-56(72)28-25-45-33-49(83)34-53(59(45)51)61-60(73)62-54(36-75-61)64(81-37-47-26-27-48(38-81)76-47)79-68(78-62)91-41-71-30-16-19-55(71)46(29-31-71)40-90-69(89)74-32-14-12-10-8-7-9-11-13-20-58(85)77-63(70(3,4)5)67(88)82-39-50(84)35-57(82)66(87)80-65(86)44-23-21-43(22-24-44)52-18-15-17-42(52)2/h15,17,21-25,28,33-34,36,46-48,50,55,57,63,76,83-84H,6-14,16,18-20,26-27,29-32,35,37-41H2,1-5H3,(H,74,89)(H,77,85)(H,80,86,87)/t46?,47?,48?,50-,55?,57?,63?,71?/m1/s1. The number of aromatic nitrogens is 3. The summed E-state index contributed by atoms with van der Waals surface area (Å²) in [4.78, 5) is 85.0. The normalized spacial score (nSPS) is 23.1. The number of halogens is 2. The van der Waals surface area contributed by atoms with Gasteiger partial charge in [-0.1, -0.05) is 103 Å². The van der Waals surface area contributed by atoms with Gasteiger partial charge >= 0.3 is 12.1 Å². The molecule has 6 N–H and O–H groups in total. The van der Waals surface area contributed by atoms with E-state index >= 15 is 8.78 Å². The maximum absolute atomic E-state index is 17.3. The first kappa shape index (κ1) is 64.9. The number of benzene rings is 3. The van der Waals surface area contributed by atoms with Gasteiger partial charge in [0.05, 0.1) is 24.7 Å². The van der Waals surface area contributed by atoms with Crippen molar-refractivity contribution in [2.45, 2.75) is 187 Å². The zero-order chi connectivity index (χ0) is 64.1. The van der Waals surface area contributed by atoms with Crippen LogP contribution in [0.3, 0.4) is 0 Å². The molecule has 2 saturated carbocycles. The lowest BCUT2D eigenvalue weighted by molar-refractivity contribution is -0.143. The largest absolute Gasteiger partial charge is 0.508 e. The molecule has 20 heteroatoms. The number of piperazine rings is 1. The number of ether oxygens (including phenoxy) is 2. The van der Waals surface area contributed by atoms with Crippen molar-refractivity contribution in [2.24, 2.45) is 22.7 Å². The van der Waals surface area contributed by atoms with Crippen molar-refractivity contribution in [1.29, 1.82) is 0 Å². The number of aliphatic hydroxyl groups excluding tert-OH is 1. The van der Waals surface area contributed by atoms with E-state index in [-0.39, 0.29) is 83.2 Å². The van der Waals surface area contributed by atoms with Gasteiger partial charge in [-0.05, 0) is 152 Å². The maximum atomic E-state index is 17.3. The average Bonchev–Trinajstić information content (AvgIpc) is 1.63. The van der Waals surface area contributed by atoms with Crippen molar-refractivity contribution in [2.75, 3.05) is 44.3 Å². The van der Waals surface area contributed by atoms with Gasteiger partial charge in [-0.2, -0.15) is 9.97 Å². The predicted octanol–water partition coefficient (Wildman–Crippen LogP) is 11.3. The molecule has 5 aromatic rings. The second-order valence-electron chi connectivity index (χ2n) is 27.5. The first-order valence-corrected chi connectivity index (χ1v) is 33.2. The Morgan fingerprint density at radius 3 is 2.34 bits per heavy atom. The third-order valence-electron chi connectivity index (χ3n) is 20.2. The molecule has 5 heterocycles. The van der Waals surface area contributed by atoms with Crippen molar-refractivity contribution < 1.29 is 52.4 Å². The Bertz CT molecular complexity index is 3600. The Balaban J connectivity index is 0.595. The number of carbonyl (C=O) groups excluding carboxylic acids is 5. The number of hydrogen-bond acceptors (Lipinski definition) is 14. The summed E-state index contributed by atoms with van der Waals surface area (Å²) in [6, 6.07) is 11.6. The van der Waals surface area contributed by atoms with Crippen LogP contribution in [0.5, 0.6) is 11.8 Å². The first-order chi connectivity index (χ1) is 43.8. The number of aliphatic hydroxyl groups is 1. The number of hydrogen-bond donors (Lipinski definition) is 6. The molecule has 3 aliphatic heterocycles. The van der Waals surface area contributed by atoms with E-state index in [0.29, 0.717) is 78.8 Å². The molecule has 5 amide bonds. The van der Waals surface area contributed by atoms with Crippen LogP contribution in [0.4, 0.5) is 19.4 Å². The second kappa shape index (κ2) is 28.1. The summed E-state index contributed by atoms with van der Waals surface area (Å²) in [5, 5.41) is 34.9. The molecule has 8 atom stereocenters. The molecule has 0 radical (unpaired) electrons. The van der Waals surface area contributed by atoms with Crippen molar-refractivity contribution in [3.63, 3.8) is 0 Å². The molecule has 6 aliphatic rings. The first-order valence-electron chi connectivity index (χ1n) is 33.2. The molecule has 18 nitrogen and oxygen atoms in total. The number of likely N-dealkylation sites (tertiary alicyclic amines) is 1. The van der Waals surface area contributed by atoms with Crippen LogP contribution in [0.2, 0.25) is 0 Å².